The summed E-state index contributed by atoms with van der Waals surface area (Å²) in [6.45, 7) is 8.71. The topological polar surface area (TPSA) is 12.0 Å². The van der Waals surface area contributed by atoms with Crippen molar-refractivity contribution in [3.8, 4) is 0 Å². The molecule has 0 spiro atoms. The second-order valence-electron chi connectivity index (χ2n) is 4.78. The SMILES string of the molecule is C/C=C/CCNCC(C)(C)c1ccccc1. The quantitative estimate of drug-likeness (QED) is 0.568. The minimum absolute atomic E-state index is 0.206. The van der Waals surface area contributed by atoms with Gasteiger partial charge in [0.05, 0.1) is 0 Å². The van der Waals surface area contributed by atoms with Gasteiger partial charge in [0.25, 0.3) is 0 Å². The van der Waals surface area contributed by atoms with E-state index in [1.54, 1.807) is 0 Å². The van der Waals surface area contributed by atoms with Crippen molar-refractivity contribution in [1.82, 2.24) is 5.32 Å². The van der Waals surface area contributed by atoms with Gasteiger partial charge in [-0.1, -0.05) is 56.3 Å². The zero-order valence-electron chi connectivity index (χ0n) is 10.7. The Morgan fingerprint density at radius 2 is 1.88 bits per heavy atom. The van der Waals surface area contributed by atoms with Crippen molar-refractivity contribution in [3.63, 3.8) is 0 Å². The van der Waals surface area contributed by atoms with Crippen LogP contribution in [0, 0.1) is 0 Å². The first-order chi connectivity index (χ1) is 7.67. The molecule has 1 aromatic rings. The van der Waals surface area contributed by atoms with Crippen LogP contribution in [0.15, 0.2) is 42.5 Å². The lowest BCUT2D eigenvalue weighted by Gasteiger charge is -2.25. The van der Waals surface area contributed by atoms with Crippen LogP contribution in [0.2, 0.25) is 0 Å². The average Bonchev–Trinajstić information content (AvgIpc) is 2.30. The molecule has 1 N–H and O–H groups in total. The molecule has 16 heavy (non-hydrogen) atoms. The second kappa shape index (κ2) is 6.49. The van der Waals surface area contributed by atoms with Gasteiger partial charge < -0.3 is 5.32 Å². The minimum Gasteiger partial charge on any atom is -0.316 e. The molecule has 0 aliphatic heterocycles. The van der Waals surface area contributed by atoms with E-state index in [2.05, 4.69) is 68.6 Å². The molecule has 1 rings (SSSR count). The normalized spacial score (nSPS) is 12.2. The van der Waals surface area contributed by atoms with Gasteiger partial charge in [-0.15, -0.1) is 0 Å². The molecule has 88 valence electrons. The molecule has 0 aliphatic carbocycles. The Balaban J connectivity index is 2.40. The van der Waals surface area contributed by atoms with Crippen molar-refractivity contribution >= 4 is 0 Å². The molecule has 0 fully saturated rings. The second-order valence-corrected chi connectivity index (χ2v) is 4.78. The van der Waals surface area contributed by atoms with Crippen LogP contribution >= 0.6 is 0 Å². The monoisotopic (exact) mass is 217 g/mol. The highest BCUT2D eigenvalue weighted by Crippen LogP contribution is 2.21. The van der Waals surface area contributed by atoms with Crippen LogP contribution in [0.5, 0.6) is 0 Å². The van der Waals surface area contributed by atoms with Gasteiger partial charge in [0.15, 0.2) is 0 Å². The maximum atomic E-state index is 3.51. The van der Waals surface area contributed by atoms with Gasteiger partial charge in [0, 0.05) is 12.0 Å². The predicted molar refractivity (Wildman–Crippen MR) is 71.8 cm³/mol. The van der Waals surface area contributed by atoms with E-state index in [9.17, 15) is 0 Å². The molecule has 0 heterocycles. The molecule has 1 nitrogen and oxygen atoms in total. The third kappa shape index (κ3) is 4.19. The molecular weight excluding hydrogens is 194 g/mol. The maximum absolute atomic E-state index is 3.51. The van der Waals surface area contributed by atoms with Crippen LogP contribution in [-0.4, -0.2) is 13.1 Å². The fraction of sp³-hybridized carbons (Fsp3) is 0.467. The molecule has 0 aromatic heterocycles. The lowest BCUT2D eigenvalue weighted by Crippen LogP contribution is -2.33. The molecule has 0 radical (unpaired) electrons. The van der Waals surface area contributed by atoms with E-state index in [0.29, 0.717) is 0 Å². The molecular formula is C15H23N. The van der Waals surface area contributed by atoms with Gasteiger partial charge >= 0.3 is 0 Å². The number of allylic oxidation sites excluding steroid dienone is 1. The third-order valence-corrected chi connectivity index (χ3v) is 2.85. The zero-order valence-corrected chi connectivity index (χ0v) is 10.7. The van der Waals surface area contributed by atoms with E-state index < -0.39 is 0 Å². The Labute approximate surface area is 99.6 Å². The highest BCUT2D eigenvalue weighted by atomic mass is 14.9. The Bertz CT molecular complexity index is 311. The first-order valence-electron chi connectivity index (χ1n) is 6.04. The summed E-state index contributed by atoms with van der Waals surface area (Å²) in [5.74, 6) is 0. The summed E-state index contributed by atoms with van der Waals surface area (Å²) in [4.78, 5) is 0. The van der Waals surface area contributed by atoms with Crippen molar-refractivity contribution in [3.05, 3.63) is 48.0 Å². The first kappa shape index (κ1) is 13.0. The van der Waals surface area contributed by atoms with Crippen LogP contribution in [0.25, 0.3) is 0 Å². The lowest BCUT2D eigenvalue weighted by molar-refractivity contribution is 0.472. The fourth-order valence-electron chi connectivity index (χ4n) is 1.74. The Kier molecular flexibility index (Phi) is 5.27. The number of nitrogens with one attached hydrogen (secondary N) is 1. The van der Waals surface area contributed by atoms with Gasteiger partial charge in [0.1, 0.15) is 0 Å². The van der Waals surface area contributed by atoms with E-state index in [4.69, 9.17) is 0 Å². The summed E-state index contributed by atoms with van der Waals surface area (Å²) in [5, 5.41) is 3.51. The summed E-state index contributed by atoms with van der Waals surface area (Å²) < 4.78 is 0. The van der Waals surface area contributed by atoms with E-state index in [1.165, 1.54) is 5.56 Å². The largest absolute Gasteiger partial charge is 0.316 e. The smallest absolute Gasteiger partial charge is 0.00433 e. The Morgan fingerprint density at radius 1 is 1.19 bits per heavy atom. The van der Waals surface area contributed by atoms with Crippen LogP contribution in [0.4, 0.5) is 0 Å². The molecule has 1 aromatic carbocycles. The van der Waals surface area contributed by atoms with Crippen LogP contribution < -0.4 is 5.32 Å². The standard InChI is InChI=1S/C15H23N/c1-4-5-9-12-16-13-15(2,3)14-10-7-6-8-11-14/h4-8,10-11,16H,9,12-13H2,1-3H3/b5-4+. The molecule has 0 amide bonds. The summed E-state index contributed by atoms with van der Waals surface area (Å²) in [6.07, 6.45) is 5.41. The highest BCUT2D eigenvalue weighted by Gasteiger charge is 2.18. The highest BCUT2D eigenvalue weighted by molar-refractivity contribution is 5.23. The summed E-state index contributed by atoms with van der Waals surface area (Å²) in [5.41, 5.74) is 1.60. The Hall–Kier alpha value is -1.08. The third-order valence-electron chi connectivity index (χ3n) is 2.85. The minimum atomic E-state index is 0.206. The molecule has 0 aliphatic rings. The van der Waals surface area contributed by atoms with Gasteiger partial charge in [-0.05, 0) is 25.5 Å². The zero-order chi connectivity index (χ0) is 11.9. The van der Waals surface area contributed by atoms with Gasteiger partial charge in [-0.3, -0.25) is 0 Å². The van der Waals surface area contributed by atoms with Crippen LogP contribution in [0.1, 0.15) is 32.8 Å². The average molecular weight is 217 g/mol. The van der Waals surface area contributed by atoms with E-state index in [1.807, 2.05) is 0 Å². The van der Waals surface area contributed by atoms with E-state index in [-0.39, 0.29) is 5.41 Å². The summed E-state index contributed by atoms with van der Waals surface area (Å²) >= 11 is 0. The molecule has 0 unspecified atom stereocenters. The molecule has 0 atom stereocenters. The lowest BCUT2D eigenvalue weighted by atomic mass is 9.84. The van der Waals surface area contributed by atoms with E-state index in [0.717, 1.165) is 19.5 Å². The van der Waals surface area contributed by atoms with Gasteiger partial charge in [-0.25, -0.2) is 0 Å². The van der Waals surface area contributed by atoms with Crippen molar-refractivity contribution in [2.24, 2.45) is 0 Å². The number of hydrogen-bond acceptors (Lipinski definition) is 1. The van der Waals surface area contributed by atoms with E-state index >= 15 is 0 Å². The van der Waals surface area contributed by atoms with Crippen LogP contribution in [0.3, 0.4) is 0 Å². The maximum Gasteiger partial charge on any atom is 0.00433 e. The summed E-state index contributed by atoms with van der Waals surface area (Å²) in [7, 11) is 0. The van der Waals surface area contributed by atoms with Crippen molar-refractivity contribution in [2.45, 2.75) is 32.6 Å². The fourth-order valence-corrected chi connectivity index (χ4v) is 1.74. The van der Waals surface area contributed by atoms with Crippen molar-refractivity contribution in [2.75, 3.05) is 13.1 Å². The van der Waals surface area contributed by atoms with Crippen molar-refractivity contribution < 1.29 is 0 Å². The van der Waals surface area contributed by atoms with Crippen LogP contribution in [-0.2, 0) is 5.41 Å². The first-order valence-corrected chi connectivity index (χ1v) is 6.04. The molecule has 0 bridgehead atoms. The van der Waals surface area contributed by atoms with Gasteiger partial charge in [0.2, 0.25) is 0 Å². The number of benzene rings is 1. The Morgan fingerprint density at radius 3 is 2.50 bits per heavy atom. The van der Waals surface area contributed by atoms with Gasteiger partial charge in [-0.2, -0.15) is 0 Å². The summed E-state index contributed by atoms with van der Waals surface area (Å²) in [6, 6.07) is 10.7. The number of hydrogen-bond donors (Lipinski definition) is 1. The molecule has 0 saturated carbocycles. The van der Waals surface area contributed by atoms with Crippen molar-refractivity contribution in [1.29, 1.82) is 0 Å². The molecule has 0 saturated heterocycles. The molecule has 1 heteroatoms. The predicted octanol–water partition coefficient (Wildman–Crippen LogP) is 3.52. The number of rotatable bonds is 6.